The van der Waals surface area contributed by atoms with Crippen molar-refractivity contribution < 1.29 is 5.11 Å². The summed E-state index contributed by atoms with van der Waals surface area (Å²) < 4.78 is 0. The number of aliphatic hydroxyl groups excluding tert-OH is 1. The summed E-state index contributed by atoms with van der Waals surface area (Å²) in [7, 11) is 4.17. The topological polar surface area (TPSA) is 23.5 Å². The maximum Gasteiger partial charge on any atom is 0.0595 e. The molecule has 2 unspecified atom stereocenters. The van der Waals surface area contributed by atoms with Crippen molar-refractivity contribution >= 4 is 23.2 Å². The summed E-state index contributed by atoms with van der Waals surface area (Å²) >= 11 is 12.3. The van der Waals surface area contributed by atoms with Crippen LogP contribution in [0.15, 0.2) is 18.2 Å². The summed E-state index contributed by atoms with van der Waals surface area (Å²) in [5.74, 6) is 0.288. The average Bonchev–Trinajstić information content (AvgIpc) is 2.41. The SMILES string of the molecule is CN(C)CC1(c2ccc(Cl)c(Cl)c2)CCCCC1CO. The Morgan fingerprint density at radius 3 is 2.60 bits per heavy atom. The number of nitrogens with zero attached hydrogens (tertiary/aromatic N) is 1. The number of hydrogen-bond acceptors (Lipinski definition) is 2. The van der Waals surface area contributed by atoms with Gasteiger partial charge in [-0.1, -0.05) is 42.1 Å². The third-order valence-electron chi connectivity index (χ3n) is 4.52. The summed E-state index contributed by atoms with van der Waals surface area (Å²) in [6.45, 7) is 1.16. The normalized spacial score (nSPS) is 27.0. The van der Waals surface area contributed by atoms with Crippen LogP contribution in [0, 0.1) is 5.92 Å². The second kappa shape index (κ2) is 6.65. The Morgan fingerprint density at radius 1 is 1.25 bits per heavy atom. The van der Waals surface area contributed by atoms with Crippen molar-refractivity contribution in [3.63, 3.8) is 0 Å². The van der Waals surface area contributed by atoms with Crippen molar-refractivity contribution in [1.29, 1.82) is 0 Å². The number of hydrogen-bond donors (Lipinski definition) is 1. The Balaban J connectivity index is 2.46. The van der Waals surface area contributed by atoms with Crippen LogP contribution in [0.2, 0.25) is 10.0 Å². The Morgan fingerprint density at radius 2 is 2.00 bits per heavy atom. The molecule has 1 aliphatic carbocycles. The quantitative estimate of drug-likeness (QED) is 0.908. The van der Waals surface area contributed by atoms with Crippen molar-refractivity contribution in [3.8, 4) is 0 Å². The van der Waals surface area contributed by atoms with Crippen LogP contribution < -0.4 is 0 Å². The van der Waals surface area contributed by atoms with Crippen LogP contribution in [0.25, 0.3) is 0 Å². The number of aliphatic hydroxyl groups is 1. The van der Waals surface area contributed by atoms with Crippen molar-refractivity contribution in [2.75, 3.05) is 27.2 Å². The van der Waals surface area contributed by atoms with E-state index in [1.165, 1.54) is 18.4 Å². The molecule has 20 heavy (non-hydrogen) atoms. The second-order valence-electron chi connectivity index (χ2n) is 6.15. The number of halogens is 2. The molecule has 2 nitrogen and oxygen atoms in total. The maximum atomic E-state index is 9.85. The summed E-state index contributed by atoms with van der Waals surface area (Å²) in [6, 6.07) is 5.94. The van der Waals surface area contributed by atoms with Gasteiger partial charge in [-0.3, -0.25) is 0 Å². The highest BCUT2D eigenvalue weighted by Gasteiger charge is 2.42. The highest BCUT2D eigenvalue weighted by molar-refractivity contribution is 6.42. The van der Waals surface area contributed by atoms with E-state index in [0.29, 0.717) is 10.0 Å². The minimum atomic E-state index is -0.0231. The van der Waals surface area contributed by atoms with Gasteiger partial charge in [0.15, 0.2) is 0 Å². The number of benzene rings is 1. The highest BCUT2D eigenvalue weighted by atomic mass is 35.5. The molecule has 0 amide bonds. The van der Waals surface area contributed by atoms with Crippen LogP contribution in [0.4, 0.5) is 0 Å². The highest BCUT2D eigenvalue weighted by Crippen LogP contribution is 2.45. The molecule has 0 heterocycles. The van der Waals surface area contributed by atoms with Gasteiger partial charge < -0.3 is 10.0 Å². The monoisotopic (exact) mass is 315 g/mol. The molecular formula is C16H23Cl2NO. The lowest BCUT2D eigenvalue weighted by molar-refractivity contribution is 0.0822. The molecule has 0 radical (unpaired) electrons. The minimum Gasteiger partial charge on any atom is -0.396 e. The zero-order valence-electron chi connectivity index (χ0n) is 12.2. The molecule has 112 valence electrons. The van der Waals surface area contributed by atoms with Gasteiger partial charge in [-0.15, -0.1) is 0 Å². The molecule has 0 saturated heterocycles. The van der Waals surface area contributed by atoms with Gasteiger partial charge >= 0.3 is 0 Å². The van der Waals surface area contributed by atoms with Gasteiger partial charge in [0, 0.05) is 18.6 Å². The molecule has 2 rings (SSSR count). The Hall–Kier alpha value is -0.280. The van der Waals surface area contributed by atoms with Gasteiger partial charge in [-0.25, -0.2) is 0 Å². The van der Waals surface area contributed by atoms with E-state index >= 15 is 0 Å². The Labute approximate surface area is 131 Å². The predicted octanol–water partition coefficient (Wildman–Crippen LogP) is 3.98. The van der Waals surface area contributed by atoms with Crippen molar-refractivity contribution in [3.05, 3.63) is 33.8 Å². The zero-order chi connectivity index (χ0) is 14.8. The van der Waals surface area contributed by atoms with Gasteiger partial charge in [0.05, 0.1) is 10.0 Å². The Bertz CT molecular complexity index is 464. The van der Waals surface area contributed by atoms with E-state index in [4.69, 9.17) is 23.2 Å². The fourth-order valence-electron chi connectivity index (χ4n) is 3.63. The first-order valence-electron chi connectivity index (χ1n) is 7.21. The van der Waals surface area contributed by atoms with E-state index in [9.17, 15) is 5.11 Å². The first-order chi connectivity index (χ1) is 9.49. The maximum absolute atomic E-state index is 9.85. The predicted molar refractivity (Wildman–Crippen MR) is 85.7 cm³/mol. The second-order valence-corrected chi connectivity index (χ2v) is 6.96. The molecule has 0 spiro atoms. The lowest BCUT2D eigenvalue weighted by Crippen LogP contribution is -2.47. The Kier molecular flexibility index (Phi) is 5.36. The third kappa shape index (κ3) is 3.14. The molecule has 0 aromatic heterocycles. The standard InChI is InChI=1S/C16H23Cl2NO/c1-19(2)11-16(8-4-3-5-13(16)10-20)12-6-7-14(17)15(18)9-12/h6-7,9,13,20H,3-5,8,10-11H2,1-2H3. The molecule has 0 aliphatic heterocycles. The fourth-order valence-corrected chi connectivity index (χ4v) is 3.93. The summed E-state index contributed by atoms with van der Waals surface area (Å²) in [5, 5.41) is 11.0. The first-order valence-corrected chi connectivity index (χ1v) is 7.96. The van der Waals surface area contributed by atoms with E-state index < -0.39 is 0 Å². The van der Waals surface area contributed by atoms with Gasteiger partial charge in [-0.2, -0.15) is 0 Å². The van der Waals surface area contributed by atoms with Crippen molar-refractivity contribution in [2.45, 2.75) is 31.1 Å². The molecule has 1 fully saturated rings. The number of rotatable bonds is 4. The summed E-state index contributed by atoms with van der Waals surface area (Å²) in [4.78, 5) is 2.20. The van der Waals surface area contributed by atoms with Crippen molar-refractivity contribution in [2.24, 2.45) is 5.92 Å². The van der Waals surface area contributed by atoms with E-state index in [-0.39, 0.29) is 17.9 Å². The smallest absolute Gasteiger partial charge is 0.0595 e. The van der Waals surface area contributed by atoms with Gasteiger partial charge in [0.25, 0.3) is 0 Å². The molecular weight excluding hydrogens is 293 g/mol. The molecule has 1 saturated carbocycles. The lowest BCUT2D eigenvalue weighted by atomic mass is 9.62. The van der Waals surface area contributed by atoms with Gasteiger partial charge in [0.1, 0.15) is 0 Å². The number of likely N-dealkylation sites (N-methyl/N-ethyl adjacent to an activating group) is 1. The lowest BCUT2D eigenvalue weighted by Gasteiger charge is -2.46. The van der Waals surface area contributed by atoms with Crippen LogP contribution in [-0.4, -0.2) is 37.3 Å². The fraction of sp³-hybridized carbons (Fsp3) is 0.625. The molecule has 1 aromatic rings. The van der Waals surface area contributed by atoms with Crippen LogP contribution in [0.3, 0.4) is 0 Å². The van der Waals surface area contributed by atoms with E-state index in [1.807, 2.05) is 12.1 Å². The molecule has 1 aliphatic rings. The minimum absolute atomic E-state index is 0.0231. The molecule has 4 heteroatoms. The molecule has 0 bridgehead atoms. The molecule has 1 N–H and O–H groups in total. The summed E-state index contributed by atoms with van der Waals surface area (Å²) in [6.07, 6.45) is 4.56. The van der Waals surface area contributed by atoms with Crippen molar-refractivity contribution in [1.82, 2.24) is 4.90 Å². The van der Waals surface area contributed by atoms with Crippen LogP contribution in [0.1, 0.15) is 31.2 Å². The third-order valence-corrected chi connectivity index (χ3v) is 5.26. The van der Waals surface area contributed by atoms with Crippen LogP contribution in [-0.2, 0) is 5.41 Å². The molecule has 1 aromatic carbocycles. The van der Waals surface area contributed by atoms with E-state index in [2.05, 4.69) is 25.1 Å². The summed E-state index contributed by atoms with van der Waals surface area (Å²) in [5.41, 5.74) is 1.18. The van der Waals surface area contributed by atoms with E-state index in [0.717, 1.165) is 19.4 Å². The van der Waals surface area contributed by atoms with E-state index in [1.54, 1.807) is 0 Å². The molecule has 2 atom stereocenters. The van der Waals surface area contributed by atoms with Crippen LogP contribution in [0.5, 0.6) is 0 Å². The van der Waals surface area contributed by atoms with Gasteiger partial charge in [0.2, 0.25) is 0 Å². The average molecular weight is 316 g/mol. The first kappa shape index (κ1) is 16.1. The van der Waals surface area contributed by atoms with Gasteiger partial charge in [-0.05, 0) is 50.6 Å². The zero-order valence-corrected chi connectivity index (χ0v) is 13.7. The van der Waals surface area contributed by atoms with Crippen LogP contribution >= 0.6 is 23.2 Å². The largest absolute Gasteiger partial charge is 0.396 e.